The summed E-state index contributed by atoms with van der Waals surface area (Å²) in [4.78, 5) is 10.9. The quantitative estimate of drug-likeness (QED) is 0.469. The van der Waals surface area contributed by atoms with E-state index in [0.717, 1.165) is 25.0 Å². The Morgan fingerprint density at radius 2 is 2.33 bits per heavy atom. The molecule has 0 aromatic heterocycles. The minimum Gasteiger partial charge on any atom is -0.374 e. The molecule has 1 rings (SSSR count). The predicted octanol–water partition coefficient (Wildman–Crippen LogP) is 0.929. The van der Waals surface area contributed by atoms with Crippen LogP contribution in [0.2, 0.25) is 0 Å². The fraction of sp³-hybridized carbons (Fsp3) is 0.667. The van der Waals surface area contributed by atoms with Gasteiger partial charge in [-0.1, -0.05) is 0 Å². The standard InChI is InChI=1S/C9H14O2Si/c1-7(9(10)12)6-8-4-2-3-5-11-8/h6,8,12H,2-5H2,1H3. The van der Waals surface area contributed by atoms with E-state index in [-0.39, 0.29) is 11.5 Å². The normalized spacial score (nSPS) is 25.5. The van der Waals surface area contributed by atoms with Gasteiger partial charge in [0.05, 0.1) is 6.10 Å². The highest BCUT2D eigenvalue weighted by Crippen LogP contribution is 2.14. The minimum absolute atomic E-state index is 0.0594. The number of carbonyl (C=O) groups is 1. The largest absolute Gasteiger partial charge is 0.374 e. The molecule has 66 valence electrons. The first-order chi connectivity index (χ1) is 5.70. The second-order valence-corrected chi connectivity index (χ2v) is 3.64. The summed E-state index contributed by atoms with van der Waals surface area (Å²) in [7, 11) is 2.17. The van der Waals surface area contributed by atoms with Crippen LogP contribution >= 0.6 is 0 Å². The summed E-state index contributed by atoms with van der Waals surface area (Å²) in [6.45, 7) is 2.66. The molecule has 0 saturated carbocycles. The molecular formula is C9H14O2Si. The van der Waals surface area contributed by atoms with Crippen LogP contribution in [0.25, 0.3) is 0 Å². The summed E-state index contributed by atoms with van der Waals surface area (Å²) in [6, 6.07) is 0. The average Bonchev–Trinajstić information content (AvgIpc) is 2.06. The molecule has 0 N–H and O–H groups in total. The zero-order valence-corrected chi connectivity index (χ0v) is 8.53. The van der Waals surface area contributed by atoms with Crippen LogP contribution in [0.3, 0.4) is 0 Å². The van der Waals surface area contributed by atoms with Crippen LogP contribution in [-0.2, 0) is 9.53 Å². The third-order valence-electron chi connectivity index (χ3n) is 2.04. The van der Waals surface area contributed by atoms with E-state index < -0.39 is 0 Å². The Morgan fingerprint density at radius 3 is 2.83 bits per heavy atom. The molecule has 1 aliphatic rings. The van der Waals surface area contributed by atoms with Gasteiger partial charge in [0.25, 0.3) is 0 Å². The Hall–Kier alpha value is -0.413. The number of carbonyl (C=O) groups excluding carboxylic acids is 1. The smallest absolute Gasteiger partial charge is 0.127 e. The molecule has 1 heterocycles. The van der Waals surface area contributed by atoms with Gasteiger partial charge in [-0.3, -0.25) is 0 Å². The fourth-order valence-corrected chi connectivity index (χ4v) is 1.35. The van der Waals surface area contributed by atoms with Crippen molar-refractivity contribution in [3.8, 4) is 0 Å². The predicted molar refractivity (Wildman–Crippen MR) is 49.5 cm³/mol. The highest BCUT2D eigenvalue weighted by atomic mass is 28.1. The van der Waals surface area contributed by atoms with Crippen LogP contribution in [0.5, 0.6) is 0 Å². The van der Waals surface area contributed by atoms with Gasteiger partial charge in [-0.15, -0.1) is 0 Å². The van der Waals surface area contributed by atoms with Crippen LogP contribution < -0.4 is 0 Å². The van der Waals surface area contributed by atoms with Gasteiger partial charge in [0.15, 0.2) is 0 Å². The molecule has 0 spiro atoms. The van der Waals surface area contributed by atoms with Crippen molar-refractivity contribution in [2.75, 3.05) is 6.61 Å². The van der Waals surface area contributed by atoms with Crippen molar-refractivity contribution in [3.05, 3.63) is 11.6 Å². The lowest BCUT2D eigenvalue weighted by atomic mass is 10.1. The monoisotopic (exact) mass is 182 g/mol. The van der Waals surface area contributed by atoms with Gasteiger partial charge >= 0.3 is 0 Å². The van der Waals surface area contributed by atoms with E-state index in [2.05, 4.69) is 10.2 Å². The second kappa shape index (κ2) is 4.57. The van der Waals surface area contributed by atoms with Gasteiger partial charge in [0.1, 0.15) is 15.6 Å². The van der Waals surface area contributed by atoms with Gasteiger partial charge in [0.2, 0.25) is 0 Å². The molecule has 1 saturated heterocycles. The zero-order valence-electron chi connectivity index (χ0n) is 7.38. The minimum atomic E-state index is 0.0594. The van der Waals surface area contributed by atoms with Crippen molar-refractivity contribution in [1.82, 2.24) is 0 Å². The van der Waals surface area contributed by atoms with Crippen molar-refractivity contribution < 1.29 is 9.53 Å². The average molecular weight is 182 g/mol. The number of hydrogen-bond acceptors (Lipinski definition) is 2. The van der Waals surface area contributed by atoms with Gasteiger partial charge in [-0.25, -0.2) is 0 Å². The Kier molecular flexibility index (Phi) is 3.69. The van der Waals surface area contributed by atoms with E-state index in [0.29, 0.717) is 0 Å². The maximum Gasteiger partial charge on any atom is 0.127 e. The molecule has 12 heavy (non-hydrogen) atoms. The van der Waals surface area contributed by atoms with E-state index in [1.807, 2.05) is 13.0 Å². The zero-order chi connectivity index (χ0) is 8.97. The van der Waals surface area contributed by atoms with Crippen molar-refractivity contribution >= 4 is 15.6 Å². The fourth-order valence-electron chi connectivity index (χ4n) is 1.26. The van der Waals surface area contributed by atoms with E-state index >= 15 is 0 Å². The van der Waals surface area contributed by atoms with Crippen LogP contribution in [0, 0.1) is 0 Å². The highest BCUT2D eigenvalue weighted by molar-refractivity contribution is 6.62. The maximum absolute atomic E-state index is 10.9. The SMILES string of the molecule is CC(=CC1CCCCO1)C(=O)[SiH]. The lowest BCUT2D eigenvalue weighted by molar-refractivity contribution is -0.108. The first-order valence-corrected chi connectivity index (χ1v) is 4.87. The molecule has 1 aliphatic heterocycles. The number of allylic oxidation sites excluding steroid dienone is 1. The Morgan fingerprint density at radius 1 is 1.58 bits per heavy atom. The summed E-state index contributed by atoms with van der Waals surface area (Å²) >= 11 is 0. The summed E-state index contributed by atoms with van der Waals surface area (Å²) in [6.07, 6.45) is 5.50. The lowest BCUT2D eigenvalue weighted by Gasteiger charge is -2.19. The second-order valence-electron chi connectivity index (χ2n) is 3.12. The molecule has 1 atom stereocenters. The van der Waals surface area contributed by atoms with Crippen molar-refractivity contribution in [3.63, 3.8) is 0 Å². The Labute approximate surface area is 76.4 Å². The number of ether oxygens (including phenoxy) is 1. The lowest BCUT2D eigenvalue weighted by Crippen LogP contribution is -2.17. The summed E-state index contributed by atoms with van der Waals surface area (Å²) in [5.74, 6) is 0. The summed E-state index contributed by atoms with van der Waals surface area (Å²) < 4.78 is 5.46. The molecule has 0 amide bonds. The number of hydrogen-bond donors (Lipinski definition) is 0. The Balaban J connectivity index is 2.47. The Bertz CT molecular complexity index is 193. The van der Waals surface area contributed by atoms with Gasteiger partial charge in [-0.2, -0.15) is 0 Å². The van der Waals surface area contributed by atoms with Crippen LogP contribution in [0.4, 0.5) is 0 Å². The molecule has 1 fully saturated rings. The van der Waals surface area contributed by atoms with Crippen molar-refractivity contribution in [1.29, 1.82) is 0 Å². The van der Waals surface area contributed by atoms with Gasteiger partial charge in [0, 0.05) is 6.61 Å². The highest BCUT2D eigenvalue weighted by Gasteiger charge is 2.11. The topological polar surface area (TPSA) is 26.3 Å². The molecule has 0 aromatic carbocycles. The van der Waals surface area contributed by atoms with E-state index in [4.69, 9.17) is 4.74 Å². The molecule has 3 heteroatoms. The third kappa shape index (κ3) is 2.91. The van der Waals surface area contributed by atoms with Crippen molar-refractivity contribution in [2.45, 2.75) is 32.3 Å². The van der Waals surface area contributed by atoms with E-state index in [9.17, 15) is 4.79 Å². The first kappa shape index (κ1) is 9.67. The van der Waals surface area contributed by atoms with Crippen LogP contribution in [0.1, 0.15) is 26.2 Å². The van der Waals surface area contributed by atoms with Crippen LogP contribution in [0.15, 0.2) is 11.6 Å². The number of rotatable bonds is 2. The maximum atomic E-state index is 10.9. The molecule has 2 nitrogen and oxygen atoms in total. The third-order valence-corrected chi connectivity index (χ3v) is 2.49. The van der Waals surface area contributed by atoms with E-state index in [1.54, 1.807) is 0 Å². The molecule has 1 unspecified atom stereocenters. The molecule has 0 aromatic rings. The van der Waals surface area contributed by atoms with Gasteiger partial charge in [-0.05, 0) is 37.8 Å². The van der Waals surface area contributed by atoms with Crippen LogP contribution in [-0.4, -0.2) is 28.4 Å². The molecular weight excluding hydrogens is 168 g/mol. The summed E-state index contributed by atoms with van der Waals surface area (Å²) in [5, 5.41) is 0.0594. The molecule has 2 radical (unpaired) electrons. The van der Waals surface area contributed by atoms with Crippen molar-refractivity contribution in [2.24, 2.45) is 0 Å². The summed E-state index contributed by atoms with van der Waals surface area (Å²) in [5.41, 5.74) is 0.784. The molecule has 0 bridgehead atoms. The van der Waals surface area contributed by atoms with E-state index in [1.165, 1.54) is 6.42 Å². The molecule has 0 aliphatic carbocycles. The first-order valence-electron chi connectivity index (χ1n) is 4.30. The van der Waals surface area contributed by atoms with Gasteiger partial charge < -0.3 is 9.53 Å².